The van der Waals surface area contributed by atoms with Crippen LogP contribution in [0.4, 0.5) is 4.79 Å². The van der Waals surface area contributed by atoms with Gasteiger partial charge in [-0.2, -0.15) is 0 Å². The maximum atomic E-state index is 11.6. The first kappa shape index (κ1) is 18.0. The van der Waals surface area contributed by atoms with Crippen LogP contribution in [0.2, 0.25) is 0 Å². The van der Waals surface area contributed by atoms with Gasteiger partial charge in [-0.25, -0.2) is 4.79 Å². The molecule has 1 amide bonds. The number of alkyl halides is 1. The molecule has 1 N–H and O–H groups in total. The van der Waals surface area contributed by atoms with E-state index in [0.717, 1.165) is 4.43 Å². The van der Waals surface area contributed by atoms with Gasteiger partial charge in [0.1, 0.15) is 5.60 Å². The van der Waals surface area contributed by atoms with E-state index in [-0.39, 0.29) is 0 Å². The van der Waals surface area contributed by atoms with Crippen LogP contribution in [0.15, 0.2) is 0 Å². The van der Waals surface area contributed by atoms with Gasteiger partial charge >= 0.3 is 6.09 Å². The second-order valence-corrected chi connectivity index (χ2v) is 7.12. The number of alkyl carbamates (subject to hydrolysis) is 1. The van der Waals surface area contributed by atoms with E-state index < -0.39 is 17.3 Å². The zero-order valence-electron chi connectivity index (χ0n) is 12.8. The van der Waals surface area contributed by atoms with Crippen LogP contribution in [-0.2, 0) is 14.2 Å². The minimum absolute atomic E-state index is 0.398. The van der Waals surface area contributed by atoms with Crippen molar-refractivity contribution in [3.8, 4) is 0 Å². The fraction of sp³-hybridized carbons (Fsp3) is 0.929. The third-order valence-corrected chi connectivity index (χ3v) is 4.31. The molecular formula is C14H26INO4. The molecular weight excluding hydrogens is 373 g/mol. The van der Waals surface area contributed by atoms with Crippen molar-refractivity contribution in [3.63, 3.8) is 0 Å². The molecule has 1 atom stereocenters. The lowest BCUT2D eigenvalue weighted by Crippen LogP contribution is -2.46. The Balaban J connectivity index is 2.22. The third-order valence-electron chi connectivity index (χ3n) is 2.70. The summed E-state index contributed by atoms with van der Waals surface area (Å²) in [6, 6.07) is 0. The number of rotatable bonds is 8. The molecule has 0 aromatic heterocycles. The van der Waals surface area contributed by atoms with Crippen LogP contribution in [0.1, 0.15) is 40.5 Å². The van der Waals surface area contributed by atoms with Crippen LogP contribution in [0.5, 0.6) is 0 Å². The standard InChI is InChI=1S/C14H26INO4/c1-13(2,3)20-12(17)16-10-14(4,9-15)19-8-7-18-11-5-6-11/h11H,5-10H2,1-4H3,(H,16,17). The van der Waals surface area contributed by atoms with Crippen molar-refractivity contribution < 1.29 is 19.0 Å². The summed E-state index contributed by atoms with van der Waals surface area (Å²) in [7, 11) is 0. The summed E-state index contributed by atoms with van der Waals surface area (Å²) < 4.78 is 17.4. The lowest BCUT2D eigenvalue weighted by atomic mass is 10.1. The van der Waals surface area contributed by atoms with Crippen molar-refractivity contribution in [3.05, 3.63) is 0 Å². The number of ether oxygens (including phenoxy) is 3. The minimum atomic E-state index is -0.482. The van der Waals surface area contributed by atoms with E-state index in [1.165, 1.54) is 12.8 Å². The highest BCUT2D eigenvalue weighted by molar-refractivity contribution is 14.1. The summed E-state index contributed by atoms with van der Waals surface area (Å²) in [4.78, 5) is 11.6. The number of carbonyl (C=O) groups excluding carboxylic acids is 1. The highest BCUT2D eigenvalue weighted by Crippen LogP contribution is 2.23. The van der Waals surface area contributed by atoms with Crippen LogP contribution >= 0.6 is 22.6 Å². The average molecular weight is 399 g/mol. The van der Waals surface area contributed by atoms with Gasteiger partial charge in [0.05, 0.1) is 31.5 Å². The number of carbonyl (C=O) groups is 1. The summed E-state index contributed by atoms with van der Waals surface area (Å²) in [5.41, 5.74) is -0.881. The molecule has 0 aromatic rings. The first-order valence-electron chi connectivity index (χ1n) is 7.02. The summed E-state index contributed by atoms with van der Waals surface area (Å²) in [6.45, 7) is 9.10. The maximum Gasteiger partial charge on any atom is 0.407 e. The molecule has 0 bridgehead atoms. The summed E-state index contributed by atoms with van der Waals surface area (Å²) in [5.74, 6) is 0. The lowest BCUT2D eigenvalue weighted by molar-refractivity contribution is -0.0437. The largest absolute Gasteiger partial charge is 0.444 e. The SMILES string of the molecule is CC(C)(C)OC(=O)NCC(C)(CI)OCCOC1CC1. The van der Waals surface area contributed by atoms with Gasteiger partial charge in [0, 0.05) is 4.43 Å². The first-order chi connectivity index (χ1) is 9.24. The van der Waals surface area contributed by atoms with Crippen molar-refractivity contribution in [2.45, 2.75) is 57.8 Å². The van der Waals surface area contributed by atoms with Crippen LogP contribution < -0.4 is 5.32 Å². The van der Waals surface area contributed by atoms with Crippen LogP contribution in [0.3, 0.4) is 0 Å². The molecule has 0 saturated heterocycles. The van der Waals surface area contributed by atoms with Gasteiger partial charge in [-0.05, 0) is 40.5 Å². The van der Waals surface area contributed by atoms with Crippen molar-refractivity contribution in [2.24, 2.45) is 0 Å². The Morgan fingerprint density at radius 2 is 1.90 bits per heavy atom. The van der Waals surface area contributed by atoms with Crippen LogP contribution in [-0.4, -0.2) is 47.6 Å². The Hall–Kier alpha value is -0.0800. The van der Waals surface area contributed by atoms with E-state index in [4.69, 9.17) is 14.2 Å². The monoisotopic (exact) mass is 399 g/mol. The van der Waals surface area contributed by atoms with Crippen molar-refractivity contribution in [1.29, 1.82) is 0 Å². The fourth-order valence-electron chi connectivity index (χ4n) is 1.45. The molecule has 118 valence electrons. The van der Waals surface area contributed by atoms with Gasteiger partial charge < -0.3 is 19.5 Å². The molecule has 1 saturated carbocycles. The van der Waals surface area contributed by atoms with E-state index in [1.807, 2.05) is 27.7 Å². The Bertz CT molecular complexity index is 315. The van der Waals surface area contributed by atoms with Crippen molar-refractivity contribution in [2.75, 3.05) is 24.2 Å². The van der Waals surface area contributed by atoms with Crippen LogP contribution in [0.25, 0.3) is 0 Å². The zero-order chi connectivity index (χ0) is 15.2. The molecule has 0 radical (unpaired) electrons. The highest BCUT2D eigenvalue weighted by atomic mass is 127. The predicted molar refractivity (Wildman–Crippen MR) is 86.5 cm³/mol. The normalized spacial score (nSPS) is 18.4. The van der Waals surface area contributed by atoms with E-state index in [9.17, 15) is 4.79 Å². The Kier molecular flexibility index (Phi) is 7.00. The fourth-order valence-corrected chi connectivity index (χ4v) is 1.94. The number of amides is 1. The average Bonchev–Trinajstić information content (AvgIpc) is 3.14. The Morgan fingerprint density at radius 3 is 2.40 bits per heavy atom. The van der Waals surface area contributed by atoms with Gasteiger partial charge in [-0.15, -0.1) is 0 Å². The molecule has 5 nitrogen and oxygen atoms in total. The molecule has 1 fully saturated rings. The van der Waals surface area contributed by atoms with Gasteiger partial charge in [0.15, 0.2) is 0 Å². The van der Waals surface area contributed by atoms with Crippen molar-refractivity contribution >= 4 is 28.7 Å². The summed E-state index contributed by atoms with van der Waals surface area (Å²) in [6.07, 6.45) is 2.38. The summed E-state index contributed by atoms with van der Waals surface area (Å²) >= 11 is 2.26. The highest BCUT2D eigenvalue weighted by Gasteiger charge is 2.27. The summed E-state index contributed by atoms with van der Waals surface area (Å²) in [5, 5.41) is 2.76. The van der Waals surface area contributed by atoms with Gasteiger partial charge in [-0.3, -0.25) is 0 Å². The van der Waals surface area contributed by atoms with E-state index in [0.29, 0.717) is 25.9 Å². The Morgan fingerprint density at radius 1 is 1.25 bits per heavy atom. The zero-order valence-corrected chi connectivity index (χ0v) is 15.0. The minimum Gasteiger partial charge on any atom is -0.444 e. The molecule has 1 unspecified atom stereocenters. The lowest BCUT2D eigenvalue weighted by Gasteiger charge is -2.29. The van der Waals surface area contributed by atoms with Crippen LogP contribution in [0, 0.1) is 0 Å². The number of nitrogens with one attached hydrogen (secondary N) is 1. The smallest absolute Gasteiger partial charge is 0.407 e. The van der Waals surface area contributed by atoms with Gasteiger partial charge in [0.25, 0.3) is 0 Å². The Labute approximate surface area is 135 Å². The maximum absolute atomic E-state index is 11.6. The molecule has 1 rings (SSSR count). The van der Waals surface area contributed by atoms with E-state index in [2.05, 4.69) is 27.9 Å². The molecule has 1 aliphatic rings. The van der Waals surface area contributed by atoms with Gasteiger partial charge in [0.2, 0.25) is 0 Å². The number of hydrogen-bond donors (Lipinski definition) is 1. The third kappa shape index (κ3) is 8.26. The van der Waals surface area contributed by atoms with E-state index >= 15 is 0 Å². The molecule has 0 aliphatic heterocycles. The molecule has 0 aromatic carbocycles. The van der Waals surface area contributed by atoms with E-state index in [1.54, 1.807) is 0 Å². The first-order valence-corrected chi connectivity index (χ1v) is 8.55. The molecule has 6 heteroatoms. The molecule has 0 heterocycles. The van der Waals surface area contributed by atoms with Gasteiger partial charge in [-0.1, -0.05) is 22.6 Å². The molecule has 1 aliphatic carbocycles. The second kappa shape index (κ2) is 7.79. The number of hydrogen-bond acceptors (Lipinski definition) is 4. The van der Waals surface area contributed by atoms with Crippen molar-refractivity contribution in [1.82, 2.24) is 5.32 Å². The predicted octanol–water partition coefficient (Wildman–Crippen LogP) is 2.90. The quantitative estimate of drug-likeness (QED) is 0.388. The topological polar surface area (TPSA) is 56.8 Å². The number of halogens is 1. The molecule has 20 heavy (non-hydrogen) atoms. The molecule has 0 spiro atoms. The second-order valence-electron chi connectivity index (χ2n) is 6.36.